The third kappa shape index (κ3) is 4.51. The molecular formula is C23H25FN4O2S. The molecule has 1 aliphatic rings. The van der Waals surface area contributed by atoms with Crippen molar-refractivity contribution in [2.24, 2.45) is 11.7 Å². The van der Waals surface area contributed by atoms with Gasteiger partial charge in [0.15, 0.2) is 5.78 Å². The van der Waals surface area contributed by atoms with E-state index in [1.165, 1.54) is 17.4 Å². The van der Waals surface area contributed by atoms with Crippen molar-refractivity contribution in [3.05, 3.63) is 64.7 Å². The number of hydrogen-bond acceptors (Lipinski definition) is 7. The molecule has 3 heterocycles. The van der Waals surface area contributed by atoms with Gasteiger partial charge in [-0.15, -0.1) is 11.3 Å². The molecule has 0 unspecified atom stereocenters. The molecule has 0 saturated carbocycles. The Bertz CT molecular complexity index is 1090. The number of nitrogens with two attached hydrogens (primary N) is 1. The van der Waals surface area contributed by atoms with Crippen LogP contribution in [0.15, 0.2) is 42.0 Å². The first-order valence-electron chi connectivity index (χ1n) is 10.2. The number of carbonyl (C=O) groups is 1. The lowest BCUT2D eigenvalue weighted by molar-refractivity contribution is 0.0784. The van der Waals surface area contributed by atoms with Gasteiger partial charge in [0.2, 0.25) is 0 Å². The zero-order valence-electron chi connectivity index (χ0n) is 17.5. The van der Waals surface area contributed by atoms with E-state index < -0.39 is 6.10 Å². The van der Waals surface area contributed by atoms with Crippen molar-refractivity contribution >= 4 is 22.8 Å². The van der Waals surface area contributed by atoms with Gasteiger partial charge in [-0.1, -0.05) is 18.6 Å². The van der Waals surface area contributed by atoms with E-state index in [9.17, 15) is 14.3 Å². The highest BCUT2D eigenvalue weighted by atomic mass is 32.1. The lowest BCUT2D eigenvalue weighted by atomic mass is 9.92. The fourth-order valence-corrected chi connectivity index (χ4v) is 4.81. The van der Waals surface area contributed by atoms with Gasteiger partial charge in [-0.2, -0.15) is 0 Å². The summed E-state index contributed by atoms with van der Waals surface area (Å²) in [6.45, 7) is 5.00. The van der Waals surface area contributed by atoms with E-state index in [4.69, 9.17) is 5.73 Å². The van der Waals surface area contributed by atoms with Gasteiger partial charge in [-0.05, 0) is 25.1 Å². The van der Waals surface area contributed by atoms with Crippen molar-refractivity contribution in [3.63, 3.8) is 0 Å². The Hall–Kier alpha value is -2.68. The average molecular weight is 441 g/mol. The number of thiazole rings is 1. The van der Waals surface area contributed by atoms with Crippen LogP contribution in [0.25, 0.3) is 10.6 Å². The molecular weight excluding hydrogens is 415 g/mol. The minimum absolute atomic E-state index is 0.0193. The standard InChI is InChI=1S/C23H25FN4O2S/c1-13-3-4-17(24)16(7-13)23-27-19(12-31-23)21(29)8-15-9-26-6-5-20(15)28-10-14(2)22(30)18(25)11-28/h3-7,9,12,14,18,22,30H,8,10-11,25H2,1-2H3/t14-,18+,22+/m0/s1. The second-order valence-electron chi connectivity index (χ2n) is 8.16. The average Bonchev–Trinajstić information content (AvgIpc) is 3.24. The molecule has 1 fully saturated rings. The number of pyridine rings is 1. The predicted octanol–water partition coefficient (Wildman–Crippen LogP) is 3.22. The number of piperidine rings is 1. The molecule has 2 aromatic heterocycles. The van der Waals surface area contributed by atoms with Gasteiger partial charge in [-0.25, -0.2) is 9.37 Å². The normalized spacial score (nSPS) is 21.3. The second kappa shape index (κ2) is 8.82. The quantitative estimate of drug-likeness (QED) is 0.592. The predicted molar refractivity (Wildman–Crippen MR) is 120 cm³/mol. The summed E-state index contributed by atoms with van der Waals surface area (Å²) in [6, 6.07) is 6.36. The molecule has 3 aromatic rings. The molecule has 0 aliphatic carbocycles. The zero-order chi connectivity index (χ0) is 22.1. The molecule has 1 aromatic carbocycles. The van der Waals surface area contributed by atoms with E-state index in [2.05, 4.69) is 14.9 Å². The topological polar surface area (TPSA) is 92.3 Å². The molecule has 162 valence electrons. The Balaban J connectivity index is 1.55. The van der Waals surface area contributed by atoms with Crippen LogP contribution in [0.2, 0.25) is 0 Å². The first-order valence-corrected chi connectivity index (χ1v) is 11.1. The number of hydrogen-bond donors (Lipinski definition) is 2. The molecule has 0 spiro atoms. The van der Waals surface area contributed by atoms with Crippen LogP contribution in [-0.4, -0.2) is 46.1 Å². The first-order chi connectivity index (χ1) is 14.8. The molecule has 0 radical (unpaired) electrons. The molecule has 31 heavy (non-hydrogen) atoms. The van der Waals surface area contributed by atoms with E-state index in [1.807, 2.05) is 19.9 Å². The van der Waals surface area contributed by atoms with Gasteiger partial charge in [0.25, 0.3) is 0 Å². The largest absolute Gasteiger partial charge is 0.391 e. The lowest BCUT2D eigenvalue weighted by Crippen LogP contribution is -2.55. The monoisotopic (exact) mass is 440 g/mol. The fraction of sp³-hybridized carbons (Fsp3) is 0.348. The van der Waals surface area contributed by atoms with Crippen molar-refractivity contribution < 1.29 is 14.3 Å². The number of carbonyl (C=O) groups excluding carboxylic acids is 1. The van der Waals surface area contributed by atoms with E-state index in [1.54, 1.807) is 29.9 Å². The highest BCUT2D eigenvalue weighted by Crippen LogP contribution is 2.29. The molecule has 8 heteroatoms. The Labute approximate surface area is 184 Å². The summed E-state index contributed by atoms with van der Waals surface area (Å²) in [6.07, 6.45) is 2.96. The van der Waals surface area contributed by atoms with Gasteiger partial charge < -0.3 is 15.7 Å². The number of benzene rings is 1. The Morgan fingerprint density at radius 3 is 2.94 bits per heavy atom. The highest BCUT2D eigenvalue weighted by Gasteiger charge is 2.32. The summed E-state index contributed by atoms with van der Waals surface area (Å²) in [7, 11) is 0. The van der Waals surface area contributed by atoms with E-state index in [-0.39, 0.29) is 30.0 Å². The molecule has 3 atom stereocenters. The lowest BCUT2D eigenvalue weighted by Gasteiger charge is -2.40. The molecule has 3 N–H and O–H groups in total. The van der Waals surface area contributed by atoms with Crippen molar-refractivity contribution in [3.8, 4) is 10.6 Å². The molecule has 4 rings (SSSR count). The van der Waals surface area contributed by atoms with Crippen LogP contribution in [0.1, 0.15) is 28.5 Å². The summed E-state index contributed by atoms with van der Waals surface area (Å²) in [5.41, 5.74) is 9.42. The van der Waals surface area contributed by atoms with Gasteiger partial charge in [0, 0.05) is 66.1 Å². The first kappa shape index (κ1) is 21.5. The van der Waals surface area contributed by atoms with Crippen LogP contribution in [-0.2, 0) is 6.42 Å². The van der Waals surface area contributed by atoms with Crippen LogP contribution in [0.3, 0.4) is 0 Å². The highest BCUT2D eigenvalue weighted by molar-refractivity contribution is 7.13. The maximum absolute atomic E-state index is 14.2. The van der Waals surface area contributed by atoms with Crippen LogP contribution >= 0.6 is 11.3 Å². The maximum atomic E-state index is 14.2. The summed E-state index contributed by atoms with van der Waals surface area (Å²) in [5, 5.41) is 12.3. The number of aliphatic hydroxyl groups excluding tert-OH is 1. The Morgan fingerprint density at radius 1 is 1.35 bits per heavy atom. The minimum atomic E-state index is -0.543. The number of aryl methyl sites for hydroxylation is 1. The van der Waals surface area contributed by atoms with E-state index in [0.29, 0.717) is 29.4 Å². The van der Waals surface area contributed by atoms with Gasteiger partial charge in [0.05, 0.1) is 6.10 Å². The van der Waals surface area contributed by atoms with Crippen LogP contribution < -0.4 is 10.6 Å². The number of aromatic nitrogens is 2. The van der Waals surface area contributed by atoms with Crippen molar-refractivity contribution in [2.75, 3.05) is 18.0 Å². The zero-order valence-corrected chi connectivity index (χ0v) is 18.3. The minimum Gasteiger partial charge on any atom is -0.391 e. The third-order valence-corrected chi connectivity index (χ3v) is 6.55. The molecule has 0 amide bonds. The maximum Gasteiger partial charge on any atom is 0.186 e. The summed E-state index contributed by atoms with van der Waals surface area (Å²) >= 11 is 1.26. The van der Waals surface area contributed by atoms with Crippen molar-refractivity contribution in [2.45, 2.75) is 32.4 Å². The molecule has 1 saturated heterocycles. The summed E-state index contributed by atoms with van der Waals surface area (Å²) in [5.74, 6) is -0.490. The summed E-state index contributed by atoms with van der Waals surface area (Å²) in [4.78, 5) is 23.6. The summed E-state index contributed by atoms with van der Waals surface area (Å²) < 4.78 is 14.2. The number of halogens is 1. The van der Waals surface area contributed by atoms with Crippen LogP contribution in [0.5, 0.6) is 0 Å². The number of rotatable bonds is 5. The number of ketones is 1. The van der Waals surface area contributed by atoms with E-state index in [0.717, 1.165) is 16.8 Å². The number of aliphatic hydroxyl groups is 1. The SMILES string of the molecule is Cc1ccc(F)c(-c2nc(C(=O)Cc3cnccc3N3C[C@@H](N)[C@H](O)[C@@H](C)C3)cs2)c1. The number of anilines is 1. The van der Waals surface area contributed by atoms with Crippen LogP contribution in [0, 0.1) is 18.7 Å². The Kier molecular flexibility index (Phi) is 6.13. The van der Waals surface area contributed by atoms with Crippen molar-refractivity contribution in [1.82, 2.24) is 9.97 Å². The number of nitrogens with zero attached hydrogens (tertiary/aromatic N) is 3. The fourth-order valence-electron chi connectivity index (χ4n) is 3.97. The van der Waals surface area contributed by atoms with Gasteiger partial charge in [-0.3, -0.25) is 9.78 Å². The smallest absolute Gasteiger partial charge is 0.186 e. The van der Waals surface area contributed by atoms with Gasteiger partial charge >= 0.3 is 0 Å². The number of Topliss-reactive ketones (excluding diaryl/α,β-unsaturated/α-hetero) is 1. The molecule has 6 nitrogen and oxygen atoms in total. The van der Waals surface area contributed by atoms with E-state index >= 15 is 0 Å². The van der Waals surface area contributed by atoms with Crippen molar-refractivity contribution in [1.29, 1.82) is 0 Å². The Morgan fingerprint density at radius 2 is 2.16 bits per heavy atom. The molecule has 1 aliphatic heterocycles. The van der Waals surface area contributed by atoms with Gasteiger partial charge in [0.1, 0.15) is 16.5 Å². The second-order valence-corrected chi connectivity index (χ2v) is 9.02. The third-order valence-electron chi connectivity index (χ3n) is 5.67. The van der Waals surface area contributed by atoms with Crippen LogP contribution in [0.4, 0.5) is 10.1 Å². The molecule has 0 bridgehead atoms.